The summed E-state index contributed by atoms with van der Waals surface area (Å²) in [6.45, 7) is 2.80. The van der Waals surface area contributed by atoms with E-state index in [0.717, 1.165) is 22.4 Å². The van der Waals surface area contributed by atoms with Crippen molar-refractivity contribution in [2.24, 2.45) is 0 Å². The van der Waals surface area contributed by atoms with Gasteiger partial charge < -0.3 is 9.47 Å². The lowest BCUT2D eigenvalue weighted by Gasteiger charge is -2.33. The molecule has 0 unspecified atom stereocenters. The molecule has 0 amide bonds. The number of benzene rings is 2. The molecule has 2 aromatic rings. The predicted octanol–water partition coefficient (Wildman–Crippen LogP) is 2.95. The molecule has 29 heavy (non-hydrogen) atoms. The van der Waals surface area contributed by atoms with E-state index in [0.29, 0.717) is 36.8 Å². The van der Waals surface area contributed by atoms with Gasteiger partial charge in [-0.1, -0.05) is 30.3 Å². The molecule has 0 spiro atoms. The first-order valence-corrected chi connectivity index (χ1v) is 11.5. The molecule has 7 heteroatoms. The topological polar surface area (TPSA) is 72.9 Å². The second-order valence-corrected chi connectivity index (χ2v) is 10.0. The van der Waals surface area contributed by atoms with Gasteiger partial charge in [0.05, 0.1) is 17.1 Å². The van der Waals surface area contributed by atoms with Crippen LogP contribution in [0.2, 0.25) is 0 Å². The van der Waals surface area contributed by atoms with E-state index in [-0.39, 0.29) is 23.3 Å². The van der Waals surface area contributed by atoms with E-state index in [9.17, 15) is 13.2 Å². The van der Waals surface area contributed by atoms with Crippen molar-refractivity contribution in [1.82, 2.24) is 4.90 Å². The molecule has 3 aliphatic heterocycles. The lowest BCUT2D eigenvalue weighted by Crippen LogP contribution is -2.41. The van der Waals surface area contributed by atoms with Crippen LogP contribution in [0.3, 0.4) is 0 Å². The number of carbonyl (C=O) groups is 1. The first-order valence-electron chi connectivity index (χ1n) is 9.64. The fourth-order valence-electron chi connectivity index (χ4n) is 4.26. The standard InChI is InChI=1S/C22H21NO5S/c1-14-21-16(11-23(13-27-21)17-7-8-29(25,26)12-17)10-18-20(24)19(28-22(14)18)9-15-5-3-2-4-6-15/h2-6,9-10,17H,7-8,11-13H2,1H3/t17-/m1/s1. The van der Waals surface area contributed by atoms with Gasteiger partial charge in [0.2, 0.25) is 5.78 Å². The molecule has 0 bridgehead atoms. The fourth-order valence-corrected chi connectivity index (χ4v) is 6.03. The van der Waals surface area contributed by atoms with Crippen LogP contribution < -0.4 is 9.47 Å². The van der Waals surface area contributed by atoms with Gasteiger partial charge in [-0.15, -0.1) is 0 Å². The molecular weight excluding hydrogens is 390 g/mol. The van der Waals surface area contributed by atoms with Crippen LogP contribution in [0.25, 0.3) is 6.08 Å². The van der Waals surface area contributed by atoms with Crippen LogP contribution in [0.5, 0.6) is 11.5 Å². The summed E-state index contributed by atoms with van der Waals surface area (Å²) in [5, 5.41) is 0. The lowest BCUT2D eigenvalue weighted by atomic mass is 9.99. The Labute approximate surface area is 169 Å². The van der Waals surface area contributed by atoms with Gasteiger partial charge in [0.25, 0.3) is 0 Å². The number of sulfone groups is 1. The molecule has 0 saturated carbocycles. The van der Waals surface area contributed by atoms with Crippen LogP contribution in [0.4, 0.5) is 0 Å². The van der Waals surface area contributed by atoms with Crippen molar-refractivity contribution in [3.8, 4) is 11.5 Å². The Morgan fingerprint density at radius 1 is 1.17 bits per heavy atom. The Bertz CT molecular complexity index is 1140. The zero-order valence-corrected chi connectivity index (χ0v) is 16.9. The number of ether oxygens (including phenoxy) is 2. The summed E-state index contributed by atoms with van der Waals surface area (Å²) in [6, 6.07) is 11.4. The van der Waals surface area contributed by atoms with E-state index in [1.54, 1.807) is 6.08 Å². The van der Waals surface area contributed by atoms with E-state index in [4.69, 9.17) is 9.47 Å². The molecule has 1 saturated heterocycles. The maximum Gasteiger partial charge on any atom is 0.231 e. The third kappa shape index (κ3) is 3.24. The molecule has 150 valence electrons. The van der Waals surface area contributed by atoms with Crippen LogP contribution in [-0.2, 0) is 16.4 Å². The summed E-state index contributed by atoms with van der Waals surface area (Å²) < 4.78 is 35.6. The van der Waals surface area contributed by atoms with Crippen LogP contribution in [-0.4, -0.2) is 43.4 Å². The monoisotopic (exact) mass is 411 g/mol. The van der Waals surface area contributed by atoms with Crippen molar-refractivity contribution in [2.75, 3.05) is 18.2 Å². The molecule has 0 radical (unpaired) electrons. The molecule has 3 heterocycles. The van der Waals surface area contributed by atoms with Gasteiger partial charge in [0.15, 0.2) is 15.6 Å². The summed E-state index contributed by atoms with van der Waals surface area (Å²) in [5.41, 5.74) is 3.14. The number of hydrogen-bond donors (Lipinski definition) is 0. The van der Waals surface area contributed by atoms with E-state index in [2.05, 4.69) is 0 Å². The second-order valence-electron chi connectivity index (χ2n) is 7.79. The average molecular weight is 411 g/mol. The number of nitrogens with zero attached hydrogens (tertiary/aromatic N) is 1. The van der Waals surface area contributed by atoms with E-state index in [1.807, 2.05) is 48.2 Å². The highest BCUT2D eigenvalue weighted by atomic mass is 32.2. The Morgan fingerprint density at radius 2 is 1.97 bits per heavy atom. The van der Waals surface area contributed by atoms with Crippen molar-refractivity contribution in [3.63, 3.8) is 0 Å². The molecule has 0 N–H and O–H groups in total. The Hall–Kier alpha value is -2.64. The Morgan fingerprint density at radius 3 is 2.69 bits per heavy atom. The van der Waals surface area contributed by atoms with Crippen molar-refractivity contribution >= 4 is 21.7 Å². The highest BCUT2D eigenvalue weighted by Gasteiger charge is 2.37. The number of rotatable bonds is 2. The number of ketones is 1. The third-order valence-electron chi connectivity index (χ3n) is 5.79. The molecule has 1 atom stereocenters. The van der Waals surface area contributed by atoms with E-state index < -0.39 is 9.84 Å². The summed E-state index contributed by atoms with van der Waals surface area (Å²) >= 11 is 0. The number of fused-ring (bicyclic) bond motifs is 2. The molecule has 0 aliphatic carbocycles. The lowest BCUT2D eigenvalue weighted by molar-refractivity contribution is 0.0637. The van der Waals surface area contributed by atoms with E-state index in [1.165, 1.54) is 0 Å². The Balaban J connectivity index is 1.45. The van der Waals surface area contributed by atoms with Crippen LogP contribution >= 0.6 is 0 Å². The maximum atomic E-state index is 12.9. The second kappa shape index (κ2) is 6.71. The van der Waals surface area contributed by atoms with Gasteiger partial charge in [-0.3, -0.25) is 9.69 Å². The molecule has 0 aromatic heterocycles. The molecule has 1 fully saturated rings. The number of allylic oxidation sites excluding steroid dienone is 1. The maximum absolute atomic E-state index is 12.9. The minimum Gasteiger partial charge on any atom is -0.477 e. The molecule has 2 aromatic carbocycles. The summed E-state index contributed by atoms with van der Waals surface area (Å²) in [6.07, 6.45) is 2.37. The zero-order chi connectivity index (χ0) is 20.2. The molecule has 3 aliphatic rings. The fraction of sp³-hybridized carbons (Fsp3) is 0.318. The summed E-state index contributed by atoms with van der Waals surface area (Å²) in [7, 11) is -2.96. The normalized spacial score (nSPS) is 24.1. The number of Topliss-reactive ketones (excluding diaryl/α,β-unsaturated/α-hetero) is 1. The first kappa shape index (κ1) is 18.4. The highest BCUT2D eigenvalue weighted by molar-refractivity contribution is 7.91. The minimum atomic E-state index is -2.96. The minimum absolute atomic E-state index is 0.0396. The van der Waals surface area contributed by atoms with Crippen LogP contribution in [0.1, 0.15) is 33.5 Å². The molecule has 5 rings (SSSR count). The van der Waals surface area contributed by atoms with Gasteiger partial charge in [-0.25, -0.2) is 8.42 Å². The van der Waals surface area contributed by atoms with Crippen molar-refractivity contribution in [1.29, 1.82) is 0 Å². The van der Waals surface area contributed by atoms with Crippen LogP contribution in [0, 0.1) is 6.92 Å². The predicted molar refractivity (Wildman–Crippen MR) is 109 cm³/mol. The highest BCUT2D eigenvalue weighted by Crippen LogP contribution is 2.43. The largest absolute Gasteiger partial charge is 0.477 e. The smallest absolute Gasteiger partial charge is 0.231 e. The molecular formula is C22H21NO5S. The first-order chi connectivity index (χ1) is 13.9. The van der Waals surface area contributed by atoms with Gasteiger partial charge in [-0.05, 0) is 31.1 Å². The average Bonchev–Trinajstić information content (AvgIpc) is 3.23. The van der Waals surface area contributed by atoms with Gasteiger partial charge in [0, 0.05) is 23.7 Å². The third-order valence-corrected chi connectivity index (χ3v) is 7.54. The van der Waals surface area contributed by atoms with Crippen molar-refractivity contribution in [3.05, 3.63) is 64.4 Å². The number of carbonyl (C=O) groups excluding carboxylic acids is 1. The number of hydrogen-bond acceptors (Lipinski definition) is 6. The van der Waals surface area contributed by atoms with Crippen LogP contribution in [0.15, 0.2) is 42.2 Å². The van der Waals surface area contributed by atoms with Gasteiger partial charge in [0.1, 0.15) is 18.2 Å². The van der Waals surface area contributed by atoms with Crippen molar-refractivity contribution in [2.45, 2.75) is 25.9 Å². The van der Waals surface area contributed by atoms with Gasteiger partial charge in [-0.2, -0.15) is 0 Å². The SMILES string of the molecule is Cc1c2c(cc3c1OC(=Cc1ccccc1)C3=O)CN([C@@H]1CCS(=O)(=O)C1)CO2. The zero-order valence-electron chi connectivity index (χ0n) is 16.1. The van der Waals surface area contributed by atoms with Crippen molar-refractivity contribution < 1.29 is 22.7 Å². The summed E-state index contributed by atoms with van der Waals surface area (Å²) in [5.74, 6) is 1.83. The Kier molecular flexibility index (Phi) is 4.26. The quantitative estimate of drug-likeness (QED) is 0.708. The van der Waals surface area contributed by atoms with Gasteiger partial charge >= 0.3 is 0 Å². The van der Waals surface area contributed by atoms with E-state index >= 15 is 0 Å². The molecule has 6 nitrogen and oxygen atoms in total. The summed E-state index contributed by atoms with van der Waals surface area (Å²) in [4.78, 5) is 15.0.